The highest BCUT2D eigenvalue weighted by molar-refractivity contribution is 5.97. The van der Waals surface area contributed by atoms with Crippen molar-refractivity contribution in [3.8, 4) is 0 Å². The lowest BCUT2D eigenvalue weighted by Gasteiger charge is -2.22. The zero-order valence-electron chi connectivity index (χ0n) is 17.5. The molecule has 0 aliphatic carbocycles. The van der Waals surface area contributed by atoms with E-state index < -0.39 is 0 Å². The molecule has 160 valence electrons. The third kappa shape index (κ3) is 6.03. The Hall–Kier alpha value is -2.93. The fourth-order valence-corrected chi connectivity index (χ4v) is 3.54. The molecule has 0 atom stereocenters. The standard InChI is InChI=1S/C23H29FN4O2/c1-17(2)25-23(30)26-20-9-5-8-18(15-20)22(29)28-12-6-11-27(13-14-28)16-19-7-3-4-10-21(19)24/h3-5,7-10,15,17H,6,11-14,16H2,1-2H3,(H2,25,26,30). The Morgan fingerprint density at radius 2 is 1.83 bits per heavy atom. The molecule has 0 radical (unpaired) electrons. The van der Waals surface area contributed by atoms with E-state index in [1.807, 2.05) is 24.8 Å². The Labute approximate surface area is 177 Å². The Kier molecular flexibility index (Phi) is 7.41. The third-order valence-corrected chi connectivity index (χ3v) is 5.01. The van der Waals surface area contributed by atoms with Gasteiger partial charge in [-0.15, -0.1) is 0 Å². The number of rotatable bonds is 5. The van der Waals surface area contributed by atoms with E-state index in [9.17, 15) is 14.0 Å². The predicted molar refractivity (Wildman–Crippen MR) is 116 cm³/mol. The van der Waals surface area contributed by atoms with Crippen LogP contribution in [0.4, 0.5) is 14.9 Å². The topological polar surface area (TPSA) is 64.7 Å². The van der Waals surface area contributed by atoms with Gasteiger partial charge in [0, 0.05) is 55.6 Å². The molecule has 2 aromatic carbocycles. The number of carbonyl (C=O) groups is 2. The predicted octanol–water partition coefficient (Wildman–Crippen LogP) is 3.70. The lowest BCUT2D eigenvalue weighted by atomic mass is 10.1. The fraction of sp³-hybridized carbons (Fsp3) is 0.391. The SMILES string of the molecule is CC(C)NC(=O)Nc1cccc(C(=O)N2CCCN(Cc3ccccc3F)CC2)c1. The largest absolute Gasteiger partial charge is 0.337 e. The number of anilines is 1. The molecule has 2 aromatic rings. The van der Waals surface area contributed by atoms with E-state index >= 15 is 0 Å². The number of urea groups is 1. The molecule has 0 aromatic heterocycles. The van der Waals surface area contributed by atoms with E-state index in [2.05, 4.69) is 15.5 Å². The zero-order valence-corrected chi connectivity index (χ0v) is 17.5. The highest BCUT2D eigenvalue weighted by Gasteiger charge is 2.21. The lowest BCUT2D eigenvalue weighted by molar-refractivity contribution is 0.0761. The van der Waals surface area contributed by atoms with E-state index in [1.54, 1.807) is 36.4 Å². The van der Waals surface area contributed by atoms with Crippen LogP contribution in [0.15, 0.2) is 48.5 Å². The Morgan fingerprint density at radius 3 is 2.60 bits per heavy atom. The van der Waals surface area contributed by atoms with Gasteiger partial charge in [0.1, 0.15) is 5.82 Å². The summed E-state index contributed by atoms with van der Waals surface area (Å²) in [5.41, 5.74) is 1.80. The van der Waals surface area contributed by atoms with Crippen molar-refractivity contribution in [1.82, 2.24) is 15.1 Å². The minimum Gasteiger partial charge on any atom is -0.337 e. The number of benzene rings is 2. The van der Waals surface area contributed by atoms with Gasteiger partial charge in [-0.1, -0.05) is 24.3 Å². The lowest BCUT2D eigenvalue weighted by Crippen LogP contribution is -2.35. The Morgan fingerprint density at radius 1 is 1.03 bits per heavy atom. The summed E-state index contributed by atoms with van der Waals surface area (Å²) in [4.78, 5) is 28.9. The molecule has 1 fully saturated rings. The van der Waals surface area contributed by atoms with Gasteiger partial charge < -0.3 is 15.5 Å². The van der Waals surface area contributed by atoms with Crippen LogP contribution < -0.4 is 10.6 Å². The monoisotopic (exact) mass is 412 g/mol. The average Bonchev–Trinajstić information content (AvgIpc) is 2.94. The highest BCUT2D eigenvalue weighted by Crippen LogP contribution is 2.16. The van der Waals surface area contributed by atoms with Crippen molar-refractivity contribution in [2.24, 2.45) is 0 Å². The van der Waals surface area contributed by atoms with Crippen LogP contribution in [0.25, 0.3) is 0 Å². The van der Waals surface area contributed by atoms with Crippen molar-refractivity contribution in [2.45, 2.75) is 32.9 Å². The molecule has 1 saturated heterocycles. The molecule has 0 unspecified atom stereocenters. The maximum Gasteiger partial charge on any atom is 0.319 e. The van der Waals surface area contributed by atoms with E-state index in [0.29, 0.717) is 43.0 Å². The van der Waals surface area contributed by atoms with Crippen LogP contribution in [0.1, 0.15) is 36.2 Å². The van der Waals surface area contributed by atoms with Crippen LogP contribution in [0.3, 0.4) is 0 Å². The number of nitrogens with zero attached hydrogens (tertiary/aromatic N) is 2. The number of hydrogen-bond donors (Lipinski definition) is 2. The van der Waals surface area contributed by atoms with Gasteiger partial charge in [0.15, 0.2) is 0 Å². The fourth-order valence-electron chi connectivity index (χ4n) is 3.54. The van der Waals surface area contributed by atoms with E-state index in [4.69, 9.17) is 0 Å². The molecule has 0 saturated carbocycles. The number of amides is 3. The molecule has 1 aliphatic rings. The minimum atomic E-state index is -0.298. The van der Waals surface area contributed by atoms with Crippen molar-refractivity contribution in [2.75, 3.05) is 31.5 Å². The maximum absolute atomic E-state index is 13.9. The Bertz CT molecular complexity index is 887. The second kappa shape index (κ2) is 10.2. The van der Waals surface area contributed by atoms with Crippen molar-refractivity contribution in [1.29, 1.82) is 0 Å². The molecule has 1 heterocycles. The van der Waals surface area contributed by atoms with Gasteiger partial charge in [-0.05, 0) is 44.5 Å². The van der Waals surface area contributed by atoms with Crippen molar-refractivity contribution < 1.29 is 14.0 Å². The summed E-state index contributed by atoms with van der Waals surface area (Å²) < 4.78 is 13.9. The van der Waals surface area contributed by atoms with Crippen molar-refractivity contribution in [3.63, 3.8) is 0 Å². The van der Waals surface area contributed by atoms with E-state index in [-0.39, 0.29) is 23.8 Å². The summed E-state index contributed by atoms with van der Waals surface area (Å²) in [6.45, 7) is 7.04. The molecular formula is C23H29FN4O2. The third-order valence-electron chi connectivity index (χ3n) is 5.01. The van der Waals surface area contributed by atoms with Gasteiger partial charge in [-0.25, -0.2) is 9.18 Å². The average molecular weight is 413 g/mol. The van der Waals surface area contributed by atoms with Gasteiger partial charge in [0.2, 0.25) is 0 Å². The summed E-state index contributed by atoms with van der Waals surface area (Å²) in [6, 6.07) is 13.5. The first-order valence-corrected chi connectivity index (χ1v) is 10.3. The molecule has 7 heteroatoms. The van der Waals surface area contributed by atoms with Gasteiger partial charge in [0.25, 0.3) is 5.91 Å². The van der Waals surface area contributed by atoms with Gasteiger partial charge >= 0.3 is 6.03 Å². The molecule has 0 bridgehead atoms. The molecular weight excluding hydrogens is 383 g/mol. The second-order valence-electron chi connectivity index (χ2n) is 7.85. The molecule has 2 N–H and O–H groups in total. The highest BCUT2D eigenvalue weighted by atomic mass is 19.1. The number of hydrogen-bond acceptors (Lipinski definition) is 3. The van der Waals surface area contributed by atoms with Crippen LogP contribution in [-0.4, -0.2) is 54.0 Å². The first-order chi connectivity index (χ1) is 14.4. The first-order valence-electron chi connectivity index (χ1n) is 10.3. The van der Waals surface area contributed by atoms with Crippen LogP contribution in [-0.2, 0) is 6.54 Å². The summed E-state index contributed by atoms with van der Waals surface area (Å²) >= 11 is 0. The van der Waals surface area contributed by atoms with Crippen molar-refractivity contribution in [3.05, 3.63) is 65.5 Å². The Balaban J connectivity index is 1.60. The normalized spacial score (nSPS) is 15.0. The molecule has 3 amide bonds. The first kappa shape index (κ1) is 21.8. The summed E-state index contributed by atoms with van der Waals surface area (Å²) in [7, 11) is 0. The minimum absolute atomic E-state index is 0.0271. The van der Waals surface area contributed by atoms with Gasteiger partial charge in [-0.2, -0.15) is 0 Å². The molecule has 0 spiro atoms. The number of nitrogens with one attached hydrogen (secondary N) is 2. The second-order valence-corrected chi connectivity index (χ2v) is 7.85. The van der Waals surface area contributed by atoms with Crippen LogP contribution in [0.2, 0.25) is 0 Å². The van der Waals surface area contributed by atoms with E-state index in [1.165, 1.54) is 6.07 Å². The molecule has 30 heavy (non-hydrogen) atoms. The number of halogens is 1. The molecule has 3 rings (SSSR count). The zero-order chi connectivity index (χ0) is 21.5. The molecule has 1 aliphatic heterocycles. The van der Waals surface area contributed by atoms with Crippen LogP contribution >= 0.6 is 0 Å². The maximum atomic E-state index is 13.9. The summed E-state index contributed by atoms with van der Waals surface area (Å²) in [5.74, 6) is -0.254. The summed E-state index contributed by atoms with van der Waals surface area (Å²) in [5, 5.41) is 5.52. The van der Waals surface area contributed by atoms with Gasteiger partial charge in [-0.3, -0.25) is 9.69 Å². The van der Waals surface area contributed by atoms with E-state index in [0.717, 1.165) is 13.0 Å². The quantitative estimate of drug-likeness (QED) is 0.787. The number of carbonyl (C=O) groups excluding carboxylic acids is 2. The summed E-state index contributed by atoms with van der Waals surface area (Å²) in [6.07, 6.45) is 0.828. The van der Waals surface area contributed by atoms with Crippen molar-refractivity contribution >= 4 is 17.6 Å². The molecule has 6 nitrogen and oxygen atoms in total. The smallest absolute Gasteiger partial charge is 0.319 e. The van der Waals surface area contributed by atoms with Crippen LogP contribution in [0.5, 0.6) is 0 Å². The van der Waals surface area contributed by atoms with Crippen LogP contribution in [0, 0.1) is 5.82 Å². The van der Waals surface area contributed by atoms with Gasteiger partial charge in [0.05, 0.1) is 0 Å².